The first-order chi connectivity index (χ1) is 14.2. The molecule has 6 nitrogen and oxygen atoms in total. The van der Waals surface area contributed by atoms with Crippen LogP contribution in [0.5, 0.6) is 11.6 Å². The van der Waals surface area contributed by atoms with E-state index in [1.807, 2.05) is 0 Å². The summed E-state index contributed by atoms with van der Waals surface area (Å²) in [6.45, 7) is -0.594. The van der Waals surface area contributed by atoms with E-state index in [0.29, 0.717) is 16.8 Å². The number of aromatic nitrogens is 2. The molecule has 0 spiro atoms. The Hall–Kier alpha value is -2.91. The Morgan fingerprint density at radius 1 is 1.17 bits per heavy atom. The first-order valence-corrected chi connectivity index (χ1v) is 9.13. The Morgan fingerprint density at radius 2 is 1.90 bits per heavy atom. The maximum atomic E-state index is 13.1. The van der Waals surface area contributed by atoms with Crippen molar-refractivity contribution in [2.75, 3.05) is 19.0 Å². The number of alkyl halides is 3. The molecule has 2 aromatic carbocycles. The van der Waals surface area contributed by atoms with Gasteiger partial charge < -0.3 is 14.8 Å². The lowest BCUT2D eigenvalue weighted by atomic mass is 10.3. The third-order valence-electron chi connectivity index (χ3n) is 3.83. The van der Waals surface area contributed by atoms with Gasteiger partial charge in [0, 0.05) is 11.1 Å². The number of nitrogens with one attached hydrogen (secondary N) is 1. The van der Waals surface area contributed by atoms with Crippen molar-refractivity contribution in [3.63, 3.8) is 0 Å². The van der Waals surface area contributed by atoms with Gasteiger partial charge >= 0.3 is 6.18 Å². The molecule has 0 radical (unpaired) electrons. The summed E-state index contributed by atoms with van der Waals surface area (Å²) in [6.07, 6.45) is -4.71. The van der Waals surface area contributed by atoms with Crippen LogP contribution in [0, 0.1) is 0 Å². The maximum Gasteiger partial charge on any atom is 0.435 e. The molecule has 0 unspecified atom stereocenters. The van der Waals surface area contributed by atoms with Gasteiger partial charge in [-0.25, -0.2) is 0 Å². The third kappa shape index (κ3) is 4.98. The fraction of sp³-hybridized carbons (Fsp3) is 0.158. The molecule has 3 rings (SSSR count). The van der Waals surface area contributed by atoms with Gasteiger partial charge in [-0.1, -0.05) is 35.3 Å². The van der Waals surface area contributed by atoms with Crippen LogP contribution in [0.15, 0.2) is 48.5 Å². The second-order valence-corrected chi connectivity index (χ2v) is 6.75. The number of carbonyl (C=O) groups is 1. The number of hydrogen-bond acceptors (Lipinski definition) is 4. The number of carbonyl (C=O) groups excluding carboxylic acids is 1. The molecular formula is C19H14Cl2F3N3O3. The smallest absolute Gasteiger partial charge is 0.435 e. The number of anilines is 1. The van der Waals surface area contributed by atoms with E-state index in [1.54, 1.807) is 24.3 Å². The van der Waals surface area contributed by atoms with Gasteiger partial charge in [0.2, 0.25) is 5.88 Å². The summed E-state index contributed by atoms with van der Waals surface area (Å²) in [6, 6.07) is 11.5. The van der Waals surface area contributed by atoms with Crippen molar-refractivity contribution in [1.29, 1.82) is 0 Å². The highest BCUT2D eigenvalue weighted by molar-refractivity contribution is 6.32. The number of para-hydroxylation sites is 1. The Kier molecular flexibility index (Phi) is 6.42. The van der Waals surface area contributed by atoms with Crippen LogP contribution in [-0.4, -0.2) is 29.4 Å². The number of hydrogen-bond donors (Lipinski definition) is 1. The van der Waals surface area contributed by atoms with Crippen LogP contribution in [0.1, 0.15) is 5.69 Å². The molecule has 0 aliphatic carbocycles. The highest BCUT2D eigenvalue weighted by atomic mass is 35.5. The predicted octanol–water partition coefficient (Wildman–Crippen LogP) is 5.22. The summed E-state index contributed by atoms with van der Waals surface area (Å²) in [5.41, 5.74) is -0.731. The van der Waals surface area contributed by atoms with E-state index >= 15 is 0 Å². The molecule has 158 valence electrons. The fourth-order valence-electron chi connectivity index (χ4n) is 2.51. The molecule has 0 aliphatic heterocycles. The maximum absolute atomic E-state index is 13.1. The number of methoxy groups -OCH3 is 1. The molecule has 0 atom stereocenters. The molecule has 1 amide bonds. The number of halogens is 5. The average molecular weight is 460 g/mol. The molecule has 30 heavy (non-hydrogen) atoms. The normalized spacial score (nSPS) is 11.3. The highest BCUT2D eigenvalue weighted by Gasteiger charge is 2.36. The molecule has 1 aromatic heterocycles. The molecule has 3 aromatic rings. The van der Waals surface area contributed by atoms with Crippen LogP contribution >= 0.6 is 23.2 Å². The predicted molar refractivity (Wildman–Crippen MR) is 106 cm³/mol. The van der Waals surface area contributed by atoms with E-state index in [1.165, 1.54) is 25.3 Å². The van der Waals surface area contributed by atoms with Crippen LogP contribution in [-0.2, 0) is 11.0 Å². The van der Waals surface area contributed by atoms with Gasteiger partial charge in [-0.05, 0) is 30.3 Å². The molecule has 1 heterocycles. The molecule has 0 saturated heterocycles. The topological polar surface area (TPSA) is 65.4 Å². The van der Waals surface area contributed by atoms with Crippen molar-refractivity contribution >= 4 is 34.8 Å². The van der Waals surface area contributed by atoms with E-state index in [2.05, 4.69) is 10.4 Å². The van der Waals surface area contributed by atoms with E-state index in [9.17, 15) is 18.0 Å². The van der Waals surface area contributed by atoms with Crippen molar-refractivity contribution in [2.24, 2.45) is 0 Å². The van der Waals surface area contributed by atoms with Crippen molar-refractivity contribution in [3.8, 4) is 17.3 Å². The second-order valence-electron chi connectivity index (χ2n) is 5.91. The number of nitrogens with zero attached hydrogens (tertiary/aromatic N) is 2. The van der Waals surface area contributed by atoms with E-state index in [0.717, 1.165) is 4.68 Å². The third-order valence-corrected chi connectivity index (χ3v) is 4.39. The largest absolute Gasteiger partial charge is 0.495 e. The molecule has 11 heteroatoms. The van der Waals surface area contributed by atoms with E-state index in [-0.39, 0.29) is 22.3 Å². The summed E-state index contributed by atoms with van der Waals surface area (Å²) in [5.74, 6) is -0.590. The lowest BCUT2D eigenvalue weighted by molar-refractivity contribution is -0.141. The monoisotopic (exact) mass is 459 g/mol. The number of benzene rings is 2. The fourth-order valence-corrected chi connectivity index (χ4v) is 2.89. The average Bonchev–Trinajstić information content (AvgIpc) is 3.11. The van der Waals surface area contributed by atoms with Gasteiger partial charge in [-0.15, -0.1) is 0 Å². The Bertz CT molecular complexity index is 1070. The number of amides is 1. The zero-order valence-electron chi connectivity index (χ0n) is 15.3. The van der Waals surface area contributed by atoms with Gasteiger partial charge in [-0.2, -0.15) is 23.0 Å². The SMILES string of the molecule is COc1ccc(Cl)cc1NC(=O)COc1cc(C(F)(F)F)nn1-c1ccccc1Cl. The van der Waals surface area contributed by atoms with Gasteiger partial charge in [0.15, 0.2) is 12.3 Å². The quantitative estimate of drug-likeness (QED) is 0.548. The zero-order chi connectivity index (χ0) is 21.9. The minimum Gasteiger partial charge on any atom is -0.495 e. The van der Waals surface area contributed by atoms with Gasteiger partial charge in [0.1, 0.15) is 5.75 Å². The highest BCUT2D eigenvalue weighted by Crippen LogP contribution is 2.33. The Morgan fingerprint density at radius 3 is 2.57 bits per heavy atom. The van der Waals surface area contributed by atoms with E-state index < -0.39 is 24.4 Å². The standard InChI is InChI=1S/C19H14Cl2F3N3O3/c1-29-15-7-6-11(20)8-13(15)25-17(28)10-30-18-9-16(19(22,23)24)26-27(18)14-5-3-2-4-12(14)21/h2-9H,10H2,1H3,(H,25,28). The number of ether oxygens (including phenoxy) is 2. The van der Waals surface area contributed by atoms with Gasteiger partial charge in [-0.3, -0.25) is 4.79 Å². The molecule has 0 aliphatic rings. The molecular weight excluding hydrogens is 446 g/mol. The summed E-state index contributed by atoms with van der Waals surface area (Å²) >= 11 is 12.0. The zero-order valence-corrected chi connectivity index (χ0v) is 16.8. The molecule has 1 N–H and O–H groups in total. The van der Waals surface area contributed by atoms with Gasteiger partial charge in [0.05, 0.1) is 23.5 Å². The Balaban J connectivity index is 1.83. The first-order valence-electron chi connectivity index (χ1n) is 8.37. The second kappa shape index (κ2) is 8.85. The van der Waals surface area contributed by atoms with Crippen LogP contribution < -0.4 is 14.8 Å². The van der Waals surface area contributed by atoms with E-state index in [4.69, 9.17) is 32.7 Å². The van der Waals surface area contributed by atoms with Crippen LogP contribution in [0.3, 0.4) is 0 Å². The van der Waals surface area contributed by atoms with Crippen molar-refractivity contribution in [1.82, 2.24) is 9.78 Å². The van der Waals surface area contributed by atoms with Crippen LogP contribution in [0.2, 0.25) is 10.0 Å². The molecule has 0 bridgehead atoms. The minimum absolute atomic E-state index is 0.160. The van der Waals surface area contributed by atoms with Crippen molar-refractivity contribution in [3.05, 3.63) is 64.3 Å². The van der Waals surface area contributed by atoms with Gasteiger partial charge in [0.25, 0.3) is 5.91 Å². The van der Waals surface area contributed by atoms with Crippen molar-refractivity contribution in [2.45, 2.75) is 6.18 Å². The lowest BCUT2D eigenvalue weighted by Gasteiger charge is -2.12. The molecule has 0 saturated carbocycles. The minimum atomic E-state index is -4.71. The first kappa shape index (κ1) is 21.8. The van der Waals surface area contributed by atoms with Crippen LogP contribution in [0.4, 0.5) is 18.9 Å². The lowest BCUT2D eigenvalue weighted by Crippen LogP contribution is -2.21. The Labute approximate surface area is 179 Å². The summed E-state index contributed by atoms with van der Waals surface area (Å²) in [4.78, 5) is 12.3. The molecule has 0 fully saturated rings. The number of rotatable bonds is 6. The summed E-state index contributed by atoms with van der Waals surface area (Å²) in [5, 5.41) is 6.57. The summed E-state index contributed by atoms with van der Waals surface area (Å²) in [7, 11) is 1.41. The van der Waals surface area contributed by atoms with Crippen LogP contribution in [0.25, 0.3) is 5.69 Å². The summed E-state index contributed by atoms with van der Waals surface area (Å²) < 4.78 is 50.7. The van der Waals surface area contributed by atoms with Crippen molar-refractivity contribution < 1.29 is 27.4 Å².